The number of hydrogen-bond donors (Lipinski definition) is 5. The lowest BCUT2D eigenvalue weighted by molar-refractivity contribution is -0.165. The van der Waals surface area contributed by atoms with Crippen LogP contribution in [0, 0.1) is 0 Å². The lowest BCUT2D eigenvalue weighted by atomic mass is 10.0. The first-order valence-electron chi connectivity index (χ1n) is 10.7. The van der Waals surface area contributed by atoms with E-state index < -0.39 is 65.2 Å². The number of likely N-dealkylation sites (tertiary alicyclic amines) is 1. The molecular weight excluding hydrogens is 436 g/mol. The Balaban J connectivity index is 2.91. The van der Waals surface area contributed by atoms with Crippen molar-refractivity contribution in [2.24, 2.45) is 5.73 Å². The van der Waals surface area contributed by atoms with E-state index in [9.17, 15) is 33.9 Å². The fraction of sp³-hybridized carbons (Fsp3) is 0.700. The van der Waals surface area contributed by atoms with Crippen LogP contribution in [-0.4, -0.2) is 86.8 Å². The number of carbonyl (C=O) groups excluding carboxylic acids is 6. The molecule has 0 radical (unpaired) electrons. The zero-order valence-electron chi connectivity index (χ0n) is 19.8. The van der Waals surface area contributed by atoms with Gasteiger partial charge in [0.05, 0.1) is 0 Å². The van der Waals surface area contributed by atoms with Crippen LogP contribution >= 0.6 is 0 Å². The molecule has 1 fully saturated rings. The molecular formula is C20H34N6O7. The van der Waals surface area contributed by atoms with Crippen LogP contribution in [0.15, 0.2) is 0 Å². The highest BCUT2D eigenvalue weighted by atomic mass is 16.3. The molecule has 4 atom stereocenters. The number of amides is 6. The van der Waals surface area contributed by atoms with Gasteiger partial charge in [0.15, 0.2) is 0 Å². The Morgan fingerprint density at radius 3 is 2.12 bits per heavy atom. The largest absolute Gasteiger partial charge is 0.372 e. The fourth-order valence-electron chi connectivity index (χ4n) is 3.27. The summed E-state index contributed by atoms with van der Waals surface area (Å²) in [6.45, 7) is 8.49. The van der Waals surface area contributed by atoms with Crippen LogP contribution in [0.25, 0.3) is 0 Å². The Morgan fingerprint density at radius 2 is 1.64 bits per heavy atom. The minimum atomic E-state index is -2.54. The van der Waals surface area contributed by atoms with Gasteiger partial charge < -0.3 is 26.4 Å². The van der Waals surface area contributed by atoms with Gasteiger partial charge in [-0.2, -0.15) is 0 Å². The molecule has 1 unspecified atom stereocenters. The highest BCUT2D eigenvalue weighted by Crippen LogP contribution is 2.19. The van der Waals surface area contributed by atoms with Crippen molar-refractivity contribution in [3.63, 3.8) is 0 Å². The molecule has 0 aromatic rings. The summed E-state index contributed by atoms with van der Waals surface area (Å²) in [6.07, 6.45) is 0.828. The summed E-state index contributed by atoms with van der Waals surface area (Å²) in [5.74, 6) is -4.54. The predicted molar refractivity (Wildman–Crippen MR) is 116 cm³/mol. The zero-order valence-corrected chi connectivity index (χ0v) is 19.8. The number of hydrogen-bond acceptors (Lipinski definition) is 7. The number of nitrogens with one attached hydrogen (secondary N) is 3. The third-order valence-electron chi connectivity index (χ3n) is 5.24. The molecule has 0 bridgehead atoms. The van der Waals surface area contributed by atoms with Gasteiger partial charge in [-0.15, -0.1) is 0 Å². The molecule has 1 aliphatic rings. The minimum absolute atomic E-state index is 0.257. The number of nitrogens with zero attached hydrogens (tertiary/aromatic N) is 2. The average Bonchev–Trinajstić information content (AvgIpc) is 3.19. The van der Waals surface area contributed by atoms with Crippen molar-refractivity contribution in [1.29, 1.82) is 0 Å². The van der Waals surface area contributed by atoms with E-state index in [1.54, 1.807) is 13.8 Å². The number of aliphatic hydroxyl groups is 1. The topological polar surface area (TPSA) is 191 Å². The summed E-state index contributed by atoms with van der Waals surface area (Å²) >= 11 is 0. The Morgan fingerprint density at radius 1 is 1.06 bits per heavy atom. The first-order valence-corrected chi connectivity index (χ1v) is 10.7. The van der Waals surface area contributed by atoms with Gasteiger partial charge in [-0.25, -0.2) is 5.01 Å². The molecule has 13 heteroatoms. The SMILES string of the molecule is CC(=O)N[C@@H](C)C(=O)N[C@@H](C)C(=O)N1CCC[C@H]1C(=O)NN(C(=O)C(C)(O)C(N)=O)C(C)C. The molecule has 0 aromatic heterocycles. The Labute approximate surface area is 192 Å². The first-order chi connectivity index (χ1) is 15.1. The summed E-state index contributed by atoms with van der Waals surface area (Å²) < 4.78 is 0. The molecule has 1 aliphatic heterocycles. The van der Waals surface area contributed by atoms with Crippen LogP contribution in [0.5, 0.6) is 0 Å². The average molecular weight is 471 g/mol. The zero-order chi connectivity index (χ0) is 25.7. The Bertz CT molecular complexity index is 813. The van der Waals surface area contributed by atoms with Gasteiger partial charge in [-0.05, 0) is 47.5 Å². The molecule has 0 aliphatic carbocycles. The van der Waals surface area contributed by atoms with E-state index >= 15 is 0 Å². The molecule has 33 heavy (non-hydrogen) atoms. The van der Waals surface area contributed by atoms with Crippen molar-refractivity contribution in [3.05, 3.63) is 0 Å². The molecule has 0 aromatic carbocycles. The third-order valence-corrected chi connectivity index (χ3v) is 5.24. The van der Waals surface area contributed by atoms with Crippen molar-refractivity contribution < 1.29 is 33.9 Å². The van der Waals surface area contributed by atoms with Crippen LogP contribution < -0.4 is 21.8 Å². The number of rotatable bonds is 8. The van der Waals surface area contributed by atoms with Crippen molar-refractivity contribution in [2.75, 3.05) is 6.54 Å². The number of nitrogens with two attached hydrogens (primary N) is 1. The Kier molecular flexibility index (Phi) is 9.34. The summed E-state index contributed by atoms with van der Waals surface area (Å²) in [4.78, 5) is 74.4. The molecule has 186 valence electrons. The van der Waals surface area contributed by atoms with Gasteiger partial charge >= 0.3 is 0 Å². The van der Waals surface area contributed by atoms with Crippen LogP contribution in [-0.2, 0) is 28.8 Å². The highest BCUT2D eigenvalue weighted by molar-refractivity contribution is 6.07. The van der Waals surface area contributed by atoms with E-state index in [4.69, 9.17) is 5.73 Å². The molecule has 0 spiro atoms. The van der Waals surface area contributed by atoms with E-state index in [1.807, 2.05) is 0 Å². The summed E-state index contributed by atoms with van der Waals surface area (Å²) in [7, 11) is 0. The maximum Gasteiger partial charge on any atom is 0.282 e. The van der Waals surface area contributed by atoms with E-state index in [-0.39, 0.29) is 6.54 Å². The van der Waals surface area contributed by atoms with E-state index in [0.717, 1.165) is 11.9 Å². The standard InChI is InChI=1S/C20H34N6O7/c1-10(2)26(19(32)20(6,33)18(21)31)24-16(29)14-8-7-9-25(14)17(30)12(4)23-15(28)11(3)22-13(5)27/h10-12,14,33H,7-9H2,1-6H3,(H2,21,31)(H,22,27)(H,23,28)(H,24,29)/t11-,12-,14-,20?/m0/s1. The van der Waals surface area contributed by atoms with Crippen LogP contribution in [0.2, 0.25) is 0 Å². The third kappa shape index (κ3) is 6.88. The second-order valence-corrected chi connectivity index (χ2v) is 8.52. The molecule has 6 amide bonds. The second-order valence-electron chi connectivity index (χ2n) is 8.52. The number of primary amides is 1. The first kappa shape index (κ1) is 27.8. The van der Waals surface area contributed by atoms with Gasteiger partial charge in [-0.1, -0.05) is 0 Å². The van der Waals surface area contributed by atoms with Crippen LogP contribution in [0.3, 0.4) is 0 Å². The van der Waals surface area contributed by atoms with Gasteiger partial charge in [0.1, 0.15) is 18.1 Å². The number of hydrazine groups is 1. The van der Waals surface area contributed by atoms with Gasteiger partial charge in [-0.3, -0.25) is 34.2 Å². The molecule has 1 rings (SSSR count). The van der Waals surface area contributed by atoms with Crippen LogP contribution in [0.1, 0.15) is 54.4 Å². The minimum Gasteiger partial charge on any atom is -0.372 e. The van der Waals surface area contributed by atoms with Crippen molar-refractivity contribution in [1.82, 2.24) is 26.0 Å². The molecule has 13 nitrogen and oxygen atoms in total. The summed E-state index contributed by atoms with van der Waals surface area (Å²) in [5, 5.41) is 15.8. The smallest absolute Gasteiger partial charge is 0.282 e. The quantitative estimate of drug-likeness (QED) is 0.191. The molecule has 6 N–H and O–H groups in total. The van der Waals surface area contributed by atoms with Crippen molar-refractivity contribution in [2.45, 2.75) is 84.2 Å². The molecule has 1 heterocycles. The summed E-state index contributed by atoms with van der Waals surface area (Å²) in [5.41, 5.74) is 4.92. The van der Waals surface area contributed by atoms with E-state index in [1.165, 1.54) is 25.7 Å². The van der Waals surface area contributed by atoms with Crippen LogP contribution in [0.4, 0.5) is 0 Å². The van der Waals surface area contributed by atoms with Crippen molar-refractivity contribution in [3.8, 4) is 0 Å². The normalized spacial score (nSPS) is 19.2. The van der Waals surface area contributed by atoms with Crippen molar-refractivity contribution >= 4 is 35.4 Å². The Hall–Kier alpha value is -3.22. The highest BCUT2D eigenvalue weighted by Gasteiger charge is 2.43. The molecule has 1 saturated heterocycles. The lowest BCUT2D eigenvalue weighted by Crippen LogP contribution is -2.63. The van der Waals surface area contributed by atoms with Gasteiger partial charge in [0, 0.05) is 19.5 Å². The fourth-order valence-corrected chi connectivity index (χ4v) is 3.27. The maximum atomic E-state index is 12.9. The van der Waals surface area contributed by atoms with E-state index in [0.29, 0.717) is 12.8 Å². The summed E-state index contributed by atoms with van der Waals surface area (Å²) in [6, 6.07) is -3.39. The lowest BCUT2D eigenvalue weighted by Gasteiger charge is -2.34. The van der Waals surface area contributed by atoms with E-state index in [2.05, 4.69) is 16.1 Å². The molecule has 0 saturated carbocycles. The monoisotopic (exact) mass is 470 g/mol. The second kappa shape index (κ2) is 11.1. The van der Waals surface area contributed by atoms with Gasteiger partial charge in [0.2, 0.25) is 23.3 Å². The maximum absolute atomic E-state index is 12.9. The predicted octanol–water partition coefficient (Wildman–Crippen LogP) is -2.49. The number of carbonyl (C=O) groups is 6. The van der Waals surface area contributed by atoms with Gasteiger partial charge in [0.25, 0.3) is 17.7 Å².